The molecule has 4 nitrogen and oxygen atoms in total. The minimum absolute atomic E-state index is 0.188. The van der Waals surface area contributed by atoms with E-state index in [4.69, 9.17) is 14.5 Å². The van der Waals surface area contributed by atoms with Gasteiger partial charge in [-0.25, -0.2) is 4.98 Å². The predicted molar refractivity (Wildman–Crippen MR) is 85.2 cm³/mol. The molecular formula is C18H20N2O2. The van der Waals surface area contributed by atoms with E-state index in [-0.39, 0.29) is 12.2 Å². The minimum Gasteiger partial charge on any atom is -0.371 e. The number of pyridine rings is 1. The summed E-state index contributed by atoms with van der Waals surface area (Å²) >= 11 is 0. The van der Waals surface area contributed by atoms with E-state index in [0.29, 0.717) is 13.2 Å². The number of hydrogen-bond donors (Lipinski definition) is 0. The zero-order valence-corrected chi connectivity index (χ0v) is 12.5. The molecule has 0 aliphatic carbocycles. The Balaban J connectivity index is 1.50. The van der Waals surface area contributed by atoms with Crippen molar-refractivity contribution in [2.75, 3.05) is 31.2 Å². The monoisotopic (exact) mass is 296 g/mol. The Hall–Kier alpha value is -1.91. The van der Waals surface area contributed by atoms with Gasteiger partial charge in [-0.2, -0.15) is 0 Å². The van der Waals surface area contributed by atoms with E-state index in [1.165, 1.54) is 5.56 Å². The van der Waals surface area contributed by atoms with Crippen LogP contribution in [-0.2, 0) is 15.9 Å². The van der Waals surface area contributed by atoms with Crippen molar-refractivity contribution >= 4 is 5.82 Å². The second kappa shape index (κ2) is 6.07. The Morgan fingerprint density at radius 3 is 2.36 bits per heavy atom. The van der Waals surface area contributed by atoms with Gasteiger partial charge in [0, 0.05) is 25.2 Å². The number of benzene rings is 1. The minimum atomic E-state index is 0.188. The SMILES string of the molecule is c1ccc(Cc2cccc(N3C[C@H]4OCCO[C@@H]4C3)n2)cc1. The number of anilines is 1. The predicted octanol–water partition coefficient (Wildman–Crippen LogP) is 2.28. The van der Waals surface area contributed by atoms with Gasteiger partial charge in [-0.3, -0.25) is 0 Å². The first-order valence-corrected chi connectivity index (χ1v) is 7.86. The van der Waals surface area contributed by atoms with Gasteiger partial charge in [-0.15, -0.1) is 0 Å². The number of nitrogens with zero attached hydrogens (tertiary/aromatic N) is 2. The van der Waals surface area contributed by atoms with Crippen LogP contribution in [-0.4, -0.2) is 43.5 Å². The van der Waals surface area contributed by atoms with Crippen LogP contribution in [0.3, 0.4) is 0 Å². The van der Waals surface area contributed by atoms with Crippen LogP contribution in [0.4, 0.5) is 5.82 Å². The van der Waals surface area contributed by atoms with E-state index in [0.717, 1.165) is 31.0 Å². The molecule has 0 radical (unpaired) electrons. The Morgan fingerprint density at radius 2 is 1.64 bits per heavy atom. The molecule has 22 heavy (non-hydrogen) atoms. The highest BCUT2D eigenvalue weighted by Crippen LogP contribution is 2.25. The molecule has 4 rings (SSSR count). The van der Waals surface area contributed by atoms with Crippen molar-refractivity contribution in [3.05, 3.63) is 59.8 Å². The molecular weight excluding hydrogens is 276 g/mol. The number of aromatic nitrogens is 1. The molecule has 0 N–H and O–H groups in total. The smallest absolute Gasteiger partial charge is 0.128 e. The van der Waals surface area contributed by atoms with Crippen LogP contribution in [0.25, 0.3) is 0 Å². The molecule has 2 aromatic rings. The summed E-state index contributed by atoms with van der Waals surface area (Å²) in [5, 5.41) is 0. The Labute approximate surface area is 130 Å². The maximum Gasteiger partial charge on any atom is 0.128 e. The third-order valence-corrected chi connectivity index (χ3v) is 4.31. The molecule has 0 spiro atoms. The molecule has 0 unspecified atom stereocenters. The van der Waals surface area contributed by atoms with Gasteiger partial charge in [0.25, 0.3) is 0 Å². The fourth-order valence-electron chi connectivity index (χ4n) is 3.20. The lowest BCUT2D eigenvalue weighted by molar-refractivity contribution is -0.116. The van der Waals surface area contributed by atoms with Crippen molar-refractivity contribution in [1.29, 1.82) is 0 Å². The summed E-state index contributed by atoms with van der Waals surface area (Å²) in [7, 11) is 0. The lowest BCUT2D eigenvalue weighted by Crippen LogP contribution is -2.36. The van der Waals surface area contributed by atoms with Gasteiger partial charge in [0.05, 0.1) is 13.2 Å². The van der Waals surface area contributed by atoms with Gasteiger partial charge < -0.3 is 14.4 Å². The van der Waals surface area contributed by atoms with Crippen LogP contribution in [0.15, 0.2) is 48.5 Å². The van der Waals surface area contributed by atoms with E-state index in [2.05, 4.69) is 47.4 Å². The van der Waals surface area contributed by atoms with E-state index in [9.17, 15) is 0 Å². The maximum absolute atomic E-state index is 5.79. The van der Waals surface area contributed by atoms with Gasteiger partial charge in [-0.1, -0.05) is 36.4 Å². The second-order valence-corrected chi connectivity index (χ2v) is 5.87. The molecule has 1 aromatic carbocycles. The lowest BCUT2D eigenvalue weighted by Gasteiger charge is -2.24. The molecule has 0 saturated carbocycles. The summed E-state index contributed by atoms with van der Waals surface area (Å²) in [5.74, 6) is 1.02. The summed E-state index contributed by atoms with van der Waals surface area (Å²) in [4.78, 5) is 7.10. The normalized spacial score (nSPS) is 24.3. The molecule has 0 bridgehead atoms. The van der Waals surface area contributed by atoms with Gasteiger partial charge >= 0.3 is 0 Å². The number of hydrogen-bond acceptors (Lipinski definition) is 4. The van der Waals surface area contributed by atoms with Crippen LogP contribution in [0.5, 0.6) is 0 Å². The van der Waals surface area contributed by atoms with E-state index >= 15 is 0 Å². The molecule has 2 saturated heterocycles. The zero-order valence-electron chi connectivity index (χ0n) is 12.5. The standard InChI is InChI=1S/C18H20N2O2/c1-2-5-14(6-3-1)11-15-7-4-8-18(19-15)20-12-16-17(13-20)22-10-9-21-16/h1-8,16-17H,9-13H2/t16-,17-/m1/s1. The van der Waals surface area contributed by atoms with E-state index in [1.54, 1.807) is 0 Å². The Bertz CT molecular complexity index is 618. The van der Waals surface area contributed by atoms with Crippen molar-refractivity contribution in [2.24, 2.45) is 0 Å². The fraction of sp³-hybridized carbons (Fsp3) is 0.389. The number of rotatable bonds is 3. The third-order valence-electron chi connectivity index (χ3n) is 4.31. The topological polar surface area (TPSA) is 34.6 Å². The maximum atomic E-state index is 5.79. The highest BCUT2D eigenvalue weighted by Gasteiger charge is 2.37. The van der Waals surface area contributed by atoms with Gasteiger partial charge in [0.2, 0.25) is 0 Å². The van der Waals surface area contributed by atoms with Crippen molar-refractivity contribution < 1.29 is 9.47 Å². The fourth-order valence-corrected chi connectivity index (χ4v) is 3.20. The largest absolute Gasteiger partial charge is 0.371 e. The average molecular weight is 296 g/mol. The highest BCUT2D eigenvalue weighted by molar-refractivity contribution is 5.42. The Kier molecular flexibility index (Phi) is 3.79. The lowest BCUT2D eigenvalue weighted by atomic mass is 10.1. The second-order valence-electron chi connectivity index (χ2n) is 5.87. The van der Waals surface area contributed by atoms with Crippen LogP contribution in [0.2, 0.25) is 0 Å². The van der Waals surface area contributed by atoms with Gasteiger partial charge in [-0.05, 0) is 17.7 Å². The van der Waals surface area contributed by atoms with E-state index < -0.39 is 0 Å². The zero-order chi connectivity index (χ0) is 14.8. The quantitative estimate of drug-likeness (QED) is 0.870. The first kappa shape index (κ1) is 13.7. The van der Waals surface area contributed by atoms with Crippen LogP contribution < -0.4 is 4.90 Å². The molecule has 2 atom stereocenters. The number of fused-ring (bicyclic) bond motifs is 1. The van der Waals surface area contributed by atoms with Gasteiger partial charge in [0.1, 0.15) is 18.0 Å². The van der Waals surface area contributed by atoms with Crippen LogP contribution >= 0.6 is 0 Å². The van der Waals surface area contributed by atoms with Crippen molar-refractivity contribution in [2.45, 2.75) is 18.6 Å². The van der Waals surface area contributed by atoms with Crippen molar-refractivity contribution in [3.63, 3.8) is 0 Å². The molecule has 114 valence electrons. The van der Waals surface area contributed by atoms with Crippen LogP contribution in [0, 0.1) is 0 Å². The first-order chi connectivity index (χ1) is 10.9. The summed E-state index contributed by atoms with van der Waals surface area (Å²) in [6, 6.07) is 16.7. The summed E-state index contributed by atoms with van der Waals surface area (Å²) < 4.78 is 11.6. The molecule has 3 heterocycles. The molecule has 1 aromatic heterocycles. The van der Waals surface area contributed by atoms with E-state index in [1.807, 2.05) is 6.07 Å². The highest BCUT2D eigenvalue weighted by atomic mass is 16.6. The number of ether oxygens (including phenoxy) is 2. The molecule has 2 fully saturated rings. The van der Waals surface area contributed by atoms with Gasteiger partial charge in [0.15, 0.2) is 0 Å². The van der Waals surface area contributed by atoms with Crippen molar-refractivity contribution in [3.8, 4) is 0 Å². The first-order valence-electron chi connectivity index (χ1n) is 7.86. The summed E-state index contributed by atoms with van der Waals surface area (Å²) in [6.45, 7) is 3.14. The Morgan fingerprint density at radius 1 is 0.909 bits per heavy atom. The molecule has 4 heteroatoms. The molecule has 2 aliphatic heterocycles. The summed E-state index contributed by atoms with van der Waals surface area (Å²) in [6.07, 6.45) is 1.24. The molecule has 0 amide bonds. The molecule has 2 aliphatic rings. The average Bonchev–Trinajstić information content (AvgIpc) is 3.00. The van der Waals surface area contributed by atoms with Crippen molar-refractivity contribution in [1.82, 2.24) is 4.98 Å². The third kappa shape index (κ3) is 2.85. The summed E-state index contributed by atoms with van der Waals surface area (Å²) in [5.41, 5.74) is 2.38. The van der Waals surface area contributed by atoms with Crippen LogP contribution in [0.1, 0.15) is 11.3 Å².